The van der Waals surface area contributed by atoms with Crippen molar-refractivity contribution >= 4 is 60.6 Å². The lowest BCUT2D eigenvalue weighted by atomic mass is 10.2. The third-order valence-corrected chi connectivity index (χ3v) is 7.36. The lowest BCUT2D eigenvalue weighted by Gasteiger charge is -2.22. The average molecular weight is 466 g/mol. The number of hydrogen-bond acceptors (Lipinski definition) is 6. The summed E-state index contributed by atoms with van der Waals surface area (Å²) in [5, 5.41) is 2.26. The van der Waals surface area contributed by atoms with Crippen molar-refractivity contribution in [1.29, 1.82) is 0 Å². The van der Waals surface area contributed by atoms with E-state index >= 15 is 0 Å². The Morgan fingerprint density at radius 2 is 1.69 bits per heavy atom. The topological polar surface area (TPSA) is 119 Å². The Morgan fingerprint density at radius 1 is 1.15 bits per heavy atom. The number of sulfone groups is 1. The number of halogens is 3. The van der Waals surface area contributed by atoms with Gasteiger partial charge in [0.2, 0.25) is 10.0 Å². The predicted molar refractivity (Wildman–Crippen MR) is 98.0 cm³/mol. The standard InChI is InChI=1S/C13H15Cl3N2O6S2/c1-24-8-2-4-9(5-3-8)26(22,23)18-11-7-25(20,21)6-10(11)17-12(19)13(14,15)16/h2-5,10-11,18H,6-7H2,1H3,(H,17,19)/t10-,11+/m0/s1. The minimum Gasteiger partial charge on any atom is -0.497 e. The third-order valence-electron chi connectivity index (χ3n) is 3.60. The van der Waals surface area contributed by atoms with Gasteiger partial charge in [-0.05, 0) is 24.3 Å². The van der Waals surface area contributed by atoms with E-state index in [1.54, 1.807) is 0 Å². The minimum atomic E-state index is -4.04. The van der Waals surface area contributed by atoms with Crippen LogP contribution in [-0.4, -0.2) is 57.2 Å². The van der Waals surface area contributed by atoms with E-state index in [0.717, 1.165) is 0 Å². The summed E-state index contributed by atoms with van der Waals surface area (Å²) in [5.74, 6) is -1.55. The molecule has 13 heteroatoms. The van der Waals surface area contributed by atoms with Crippen LogP contribution in [0.15, 0.2) is 29.2 Å². The van der Waals surface area contributed by atoms with Crippen molar-refractivity contribution in [3.8, 4) is 5.75 Å². The molecule has 0 radical (unpaired) electrons. The Hall–Kier alpha value is -0.780. The van der Waals surface area contributed by atoms with Crippen LogP contribution in [0.3, 0.4) is 0 Å². The zero-order valence-electron chi connectivity index (χ0n) is 13.3. The van der Waals surface area contributed by atoms with Crippen molar-refractivity contribution in [3.05, 3.63) is 24.3 Å². The molecule has 1 aliphatic heterocycles. The zero-order chi connectivity index (χ0) is 19.8. The molecule has 1 heterocycles. The molecule has 1 aliphatic rings. The molecule has 1 amide bonds. The molecule has 2 atom stereocenters. The van der Waals surface area contributed by atoms with Crippen LogP contribution in [0.2, 0.25) is 0 Å². The predicted octanol–water partition coefficient (Wildman–Crippen LogP) is 0.626. The van der Waals surface area contributed by atoms with Crippen LogP contribution in [0.1, 0.15) is 0 Å². The first kappa shape index (κ1) is 21.5. The number of sulfonamides is 1. The van der Waals surface area contributed by atoms with Gasteiger partial charge in [-0.2, -0.15) is 0 Å². The van der Waals surface area contributed by atoms with Gasteiger partial charge in [-0.1, -0.05) is 34.8 Å². The minimum absolute atomic E-state index is 0.0888. The van der Waals surface area contributed by atoms with Gasteiger partial charge >= 0.3 is 0 Å². The zero-order valence-corrected chi connectivity index (χ0v) is 17.2. The van der Waals surface area contributed by atoms with Gasteiger partial charge < -0.3 is 10.1 Å². The van der Waals surface area contributed by atoms with E-state index in [1.807, 2.05) is 0 Å². The number of hydrogen-bond donors (Lipinski definition) is 2. The van der Waals surface area contributed by atoms with E-state index in [2.05, 4.69) is 10.0 Å². The maximum atomic E-state index is 12.5. The van der Waals surface area contributed by atoms with E-state index in [4.69, 9.17) is 39.5 Å². The van der Waals surface area contributed by atoms with Crippen LogP contribution in [0, 0.1) is 0 Å². The summed E-state index contributed by atoms with van der Waals surface area (Å²) in [7, 11) is -6.20. The molecule has 1 aromatic rings. The fourth-order valence-electron chi connectivity index (χ4n) is 2.38. The molecule has 0 saturated carbocycles. The van der Waals surface area contributed by atoms with Gasteiger partial charge in [-0.3, -0.25) is 4.79 Å². The number of rotatable bonds is 5. The van der Waals surface area contributed by atoms with E-state index in [0.29, 0.717) is 5.75 Å². The molecule has 8 nitrogen and oxygen atoms in total. The van der Waals surface area contributed by atoms with Crippen LogP contribution in [0.5, 0.6) is 5.75 Å². The van der Waals surface area contributed by atoms with Crippen LogP contribution < -0.4 is 14.8 Å². The Balaban J connectivity index is 2.22. The van der Waals surface area contributed by atoms with Crippen molar-refractivity contribution < 1.29 is 26.4 Å². The second-order valence-electron chi connectivity index (χ2n) is 5.56. The maximum absolute atomic E-state index is 12.5. The highest BCUT2D eigenvalue weighted by Gasteiger charge is 2.43. The molecule has 0 aliphatic carbocycles. The van der Waals surface area contributed by atoms with Crippen molar-refractivity contribution in [2.45, 2.75) is 20.8 Å². The fraction of sp³-hybridized carbons (Fsp3) is 0.462. The molecular formula is C13H15Cl3N2O6S2. The van der Waals surface area contributed by atoms with Crippen molar-refractivity contribution in [1.82, 2.24) is 10.0 Å². The molecule has 26 heavy (non-hydrogen) atoms. The maximum Gasteiger partial charge on any atom is 0.272 e. The highest BCUT2D eigenvalue weighted by molar-refractivity contribution is 7.92. The van der Waals surface area contributed by atoms with Gasteiger partial charge in [-0.25, -0.2) is 21.6 Å². The first-order valence-corrected chi connectivity index (χ1v) is 11.5. The molecule has 1 aromatic carbocycles. The number of benzene rings is 1. The van der Waals surface area contributed by atoms with Crippen LogP contribution in [0.25, 0.3) is 0 Å². The van der Waals surface area contributed by atoms with Gasteiger partial charge in [0, 0.05) is 0 Å². The van der Waals surface area contributed by atoms with E-state index in [-0.39, 0.29) is 4.90 Å². The molecule has 2 N–H and O–H groups in total. The second kappa shape index (κ2) is 7.69. The number of alkyl halides is 3. The Labute approximate surface area is 166 Å². The number of carbonyl (C=O) groups is 1. The van der Waals surface area contributed by atoms with Gasteiger partial charge in [0.15, 0.2) is 9.84 Å². The van der Waals surface area contributed by atoms with Crippen LogP contribution >= 0.6 is 34.8 Å². The average Bonchev–Trinajstić information content (AvgIpc) is 2.79. The number of nitrogens with one attached hydrogen (secondary N) is 2. The molecule has 146 valence electrons. The summed E-state index contributed by atoms with van der Waals surface area (Å²) in [6.45, 7) is 0. The van der Waals surface area contributed by atoms with Gasteiger partial charge in [0.05, 0.1) is 35.6 Å². The van der Waals surface area contributed by atoms with Crippen LogP contribution in [0.4, 0.5) is 0 Å². The first-order valence-electron chi connectivity index (χ1n) is 7.08. The second-order valence-corrected chi connectivity index (χ2v) is 11.7. The number of ether oxygens (including phenoxy) is 1. The van der Waals surface area contributed by atoms with E-state index in [1.165, 1.54) is 31.4 Å². The van der Waals surface area contributed by atoms with Gasteiger partial charge in [-0.15, -0.1) is 0 Å². The lowest BCUT2D eigenvalue weighted by molar-refractivity contribution is -0.120. The number of carbonyl (C=O) groups excluding carboxylic acids is 1. The highest BCUT2D eigenvalue weighted by atomic mass is 35.6. The Bertz CT molecular complexity index is 881. The quantitative estimate of drug-likeness (QED) is 0.616. The van der Waals surface area contributed by atoms with Crippen molar-refractivity contribution in [3.63, 3.8) is 0 Å². The molecule has 1 fully saturated rings. The molecule has 0 aromatic heterocycles. The van der Waals surface area contributed by atoms with Crippen LogP contribution in [-0.2, 0) is 24.7 Å². The highest BCUT2D eigenvalue weighted by Crippen LogP contribution is 2.27. The summed E-state index contributed by atoms with van der Waals surface area (Å²) in [6, 6.07) is 3.32. The Kier molecular flexibility index (Phi) is 6.36. The molecule has 2 rings (SSSR count). The largest absolute Gasteiger partial charge is 0.497 e. The molecular weight excluding hydrogens is 451 g/mol. The van der Waals surface area contributed by atoms with E-state index in [9.17, 15) is 21.6 Å². The first-order chi connectivity index (χ1) is 11.8. The summed E-state index contributed by atoms with van der Waals surface area (Å²) < 4.78 is 53.7. The number of methoxy groups -OCH3 is 1. The van der Waals surface area contributed by atoms with Gasteiger partial charge in [0.1, 0.15) is 5.75 Å². The lowest BCUT2D eigenvalue weighted by Crippen LogP contribution is -2.53. The van der Waals surface area contributed by atoms with Gasteiger partial charge in [0.25, 0.3) is 9.70 Å². The molecule has 0 unspecified atom stereocenters. The smallest absolute Gasteiger partial charge is 0.272 e. The van der Waals surface area contributed by atoms with Crippen molar-refractivity contribution in [2.24, 2.45) is 0 Å². The molecule has 1 saturated heterocycles. The number of amides is 1. The Morgan fingerprint density at radius 3 is 2.19 bits per heavy atom. The third kappa shape index (κ3) is 5.37. The normalized spacial score (nSPS) is 22.8. The SMILES string of the molecule is COc1ccc(S(=O)(=O)N[C@@H]2CS(=O)(=O)C[C@@H]2NC(=O)C(Cl)(Cl)Cl)cc1. The summed E-state index contributed by atoms with van der Waals surface area (Å²) in [6.07, 6.45) is 0. The summed E-state index contributed by atoms with van der Waals surface area (Å²) in [4.78, 5) is 11.7. The summed E-state index contributed by atoms with van der Waals surface area (Å²) in [5.41, 5.74) is 0. The monoisotopic (exact) mass is 464 g/mol. The van der Waals surface area contributed by atoms with E-state index < -0.39 is 53.1 Å². The van der Waals surface area contributed by atoms with Crippen molar-refractivity contribution in [2.75, 3.05) is 18.6 Å². The molecule has 0 bridgehead atoms. The fourth-order valence-corrected chi connectivity index (χ4v) is 5.79. The molecule has 0 spiro atoms. The summed E-state index contributed by atoms with van der Waals surface area (Å²) >= 11 is 16.4.